The minimum absolute atomic E-state index is 0.0895. The second kappa shape index (κ2) is 9.41. The fourth-order valence-electron chi connectivity index (χ4n) is 3.08. The number of esters is 1. The van der Waals surface area contributed by atoms with Crippen LogP contribution in [0.25, 0.3) is 0 Å². The monoisotopic (exact) mass is 408 g/mol. The number of nitrogens with one attached hydrogen (secondary N) is 1. The molecule has 1 atom stereocenters. The van der Waals surface area contributed by atoms with Gasteiger partial charge in [-0.25, -0.2) is 0 Å². The first kappa shape index (κ1) is 22.2. The number of carbonyl (C=O) groups is 3. The van der Waals surface area contributed by atoms with Crippen molar-refractivity contribution < 1.29 is 19.1 Å². The first-order valence-electron chi connectivity index (χ1n) is 9.60. The number of benzene rings is 1. The maximum atomic E-state index is 12.4. The second-order valence-corrected chi connectivity index (χ2v) is 8.61. The molecule has 1 aromatic rings. The van der Waals surface area contributed by atoms with Crippen LogP contribution in [0.3, 0.4) is 0 Å². The van der Waals surface area contributed by atoms with Crippen LogP contribution < -0.4 is 5.32 Å². The Hall–Kier alpha value is -2.08. The fourth-order valence-corrected chi connectivity index (χ4v) is 3.29. The molecule has 1 fully saturated rings. The summed E-state index contributed by atoms with van der Waals surface area (Å²) in [6.45, 7) is 8.55. The van der Waals surface area contributed by atoms with Gasteiger partial charge in [-0.1, -0.05) is 50.6 Å². The van der Waals surface area contributed by atoms with Gasteiger partial charge in [0, 0.05) is 30.1 Å². The SMILES string of the molecule is C[C@@H](OC(=O)C1CCN(C(=O)C(C)(C)C)CC1)C(=O)NCc1ccccc1Cl. The maximum Gasteiger partial charge on any atom is 0.309 e. The quantitative estimate of drug-likeness (QED) is 0.759. The molecule has 6 nitrogen and oxygen atoms in total. The van der Waals surface area contributed by atoms with Crippen LogP contribution in [-0.2, 0) is 25.7 Å². The number of hydrogen-bond donors (Lipinski definition) is 1. The van der Waals surface area contributed by atoms with Crippen molar-refractivity contribution in [2.45, 2.75) is 53.2 Å². The van der Waals surface area contributed by atoms with E-state index in [4.69, 9.17) is 16.3 Å². The summed E-state index contributed by atoms with van der Waals surface area (Å²) >= 11 is 6.07. The van der Waals surface area contributed by atoms with Gasteiger partial charge in [-0.15, -0.1) is 0 Å². The molecule has 0 unspecified atom stereocenters. The molecule has 1 saturated heterocycles. The molecule has 0 aromatic heterocycles. The second-order valence-electron chi connectivity index (χ2n) is 8.20. The summed E-state index contributed by atoms with van der Waals surface area (Å²) in [5, 5.41) is 3.31. The van der Waals surface area contributed by atoms with E-state index < -0.39 is 11.5 Å². The Morgan fingerprint density at radius 2 is 1.82 bits per heavy atom. The molecule has 0 saturated carbocycles. The summed E-state index contributed by atoms with van der Waals surface area (Å²) in [5.74, 6) is -0.952. The molecule has 7 heteroatoms. The fraction of sp³-hybridized carbons (Fsp3) is 0.571. The lowest BCUT2D eigenvalue weighted by Crippen LogP contribution is -2.46. The number of piperidine rings is 1. The molecule has 1 aliphatic rings. The highest BCUT2D eigenvalue weighted by atomic mass is 35.5. The number of carbonyl (C=O) groups excluding carboxylic acids is 3. The maximum absolute atomic E-state index is 12.4. The van der Waals surface area contributed by atoms with E-state index in [1.165, 1.54) is 0 Å². The van der Waals surface area contributed by atoms with Gasteiger partial charge >= 0.3 is 5.97 Å². The van der Waals surface area contributed by atoms with E-state index in [0.29, 0.717) is 31.0 Å². The third-order valence-electron chi connectivity index (χ3n) is 4.83. The van der Waals surface area contributed by atoms with Gasteiger partial charge in [0.25, 0.3) is 5.91 Å². The van der Waals surface area contributed by atoms with E-state index in [1.54, 1.807) is 17.9 Å². The molecule has 154 valence electrons. The van der Waals surface area contributed by atoms with Crippen LogP contribution in [0.15, 0.2) is 24.3 Å². The van der Waals surface area contributed by atoms with Crippen molar-refractivity contribution in [2.75, 3.05) is 13.1 Å². The summed E-state index contributed by atoms with van der Waals surface area (Å²) < 4.78 is 5.35. The zero-order valence-corrected chi connectivity index (χ0v) is 17.7. The minimum Gasteiger partial charge on any atom is -0.452 e. The van der Waals surface area contributed by atoms with E-state index in [2.05, 4.69) is 5.32 Å². The minimum atomic E-state index is -0.885. The van der Waals surface area contributed by atoms with Crippen molar-refractivity contribution in [2.24, 2.45) is 11.3 Å². The summed E-state index contributed by atoms with van der Waals surface area (Å²) in [4.78, 5) is 38.7. The molecule has 0 aliphatic carbocycles. The molecule has 1 N–H and O–H groups in total. The largest absolute Gasteiger partial charge is 0.452 e. The van der Waals surface area contributed by atoms with E-state index in [0.717, 1.165) is 5.56 Å². The van der Waals surface area contributed by atoms with Crippen molar-refractivity contribution in [1.29, 1.82) is 0 Å². The van der Waals surface area contributed by atoms with Crippen LogP contribution in [0.1, 0.15) is 46.1 Å². The Balaban J connectivity index is 1.78. The number of rotatable bonds is 5. The lowest BCUT2D eigenvalue weighted by Gasteiger charge is -2.35. The zero-order valence-electron chi connectivity index (χ0n) is 17.0. The zero-order chi connectivity index (χ0) is 20.9. The predicted molar refractivity (Wildman–Crippen MR) is 108 cm³/mol. The third kappa shape index (κ3) is 5.96. The Labute approximate surface area is 171 Å². The number of ether oxygens (including phenoxy) is 1. The van der Waals surface area contributed by atoms with Crippen LogP contribution in [-0.4, -0.2) is 41.9 Å². The average molecular weight is 409 g/mol. The number of likely N-dealkylation sites (tertiary alicyclic amines) is 1. The molecule has 0 spiro atoms. The highest BCUT2D eigenvalue weighted by Crippen LogP contribution is 2.24. The molecule has 0 radical (unpaired) electrons. The molecule has 28 heavy (non-hydrogen) atoms. The van der Waals surface area contributed by atoms with E-state index >= 15 is 0 Å². The smallest absolute Gasteiger partial charge is 0.309 e. The molecule has 0 bridgehead atoms. The third-order valence-corrected chi connectivity index (χ3v) is 5.20. The molecule has 2 rings (SSSR count). The normalized spacial score (nSPS) is 16.4. The number of nitrogens with zero attached hydrogens (tertiary/aromatic N) is 1. The Kier molecular flexibility index (Phi) is 7.47. The Morgan fingerprint density at radius 1 is 1.21 bits per heavy atom. The summed E-state index contributed by atoms with van der Waals surface area (Å²) in [7, 11) is 0. The molecule has 1 aliphatic heterocycles. The molecular formula is C21H29ClN2O4. The van der Waals surface area contributed by atoms with Crippen LogP contribution in [0, 0.1) is 11.3 Å². The topological polar surface area (TPSA) is 75.7 Å². The van der Waals surface area contributed by atoms with Crippen LogP contribution in [0.5, 0.6) is 0 Å². The van der Waals surface area contributed by atoms with Crippen molar-refractivity contribution in [3.63, 3.8) is 0 Å². The number of hydrogen-bond acceptors (Lipinski definition) is 4. The lowest BCUT2D eigenvalue weighted by atomic mass is 9.91. The molecular weight excluding hydrogens is 380 g/mol. The summed E-state index contributed by atoms with van der Waals surface area (Å²) in [6.07, 6.45) is 0.215. The number of halogens is 1. The van der Waals surface area contributed by atoms with E-state index in [9.17, 15) is 14.4 Å². The van der Waals surface area contributed by atoms with Gasteiger partial charge in [-0.05, 0) is 31.4 Å². The van der Waals surface area contributed by atoms with Crippen LogP contribution in [0.2, 0.25) is 5.02 Å². The predicted octanol–water partition coefficient (Wildman–Crippen LogP) is 3.17. The van der Waals surface area contributed by atoms with Gasteiger partial charge in [-0.2, -0.15) is 0 Å². The molecule has 1 heterocycles. The van der Waals surface area contributed by atoms with Gasteiger partial charge in [0.2, 0.25) is 5.91 Å². The number of amides is 2. The first-order chi connectivity index (χ1) is 13.1. The molecule has 2 amide bonds. The van der Waals surface area contributed by atoms with Gasteiger partial charge < -0.3 is 15.0 Å². The van der Waals surface area contributed by atoms with Crippen molar-refractivity contribution in [3.05, 3.63) is 34.9 Å². The van der Waals surface area contributed by atoms with E-state index in [-0.39, 0.29) is 30.2 Å². The van der Waals surface area contributed by atoms with Crippen molar-refractivity contribution in [3.8, 4) is 0 Å². The van der Waals surface area contributed by atoms with E-state index in [1.807, 2.05) is 39.0 Å². The highest BCUT2D eigenvalue weighted by molar-refractivity contribution is 6.31. The van der Waals surface area contributed by atoms with Gasteiger partial charge in [0.1, 0.15) is 0 Å². The summed E-state index contributed by atoms with van der Waals surface area (Å²) in [6, 6.07) is 7.24. The highest BCUT2D eigenvalue weighted by Gasteiger charge is 2.33. The van der Waals surface area contributed by atoms with Gasteiger partial charge in [0.15, 0.2) is 6.10 Å². The lowest BCUT2D eigenvalue weighted by molar-refractivity contribution is -0.161. The van der Waals surface area contributed by atoms with Gasteiger partial charge in [-0.3, -0.25) is 14.4 Å². The van der Waals surface area contributed by atoms with Crippen LogP contribution >= 0.6 is 11.6 Å². The van der Waals surface area contributed by atoms with Crippen molar-refractivity contribution in [1.82, 2.24) is 10.2 Å². The van der Waals surface area contributed by atoms with Gasteiger partial charge in [0.05, 0.1) is 5.92 Å². The summed E-state index contributed by atoms with van der Waals surface area (Å²) in [5.41, 5.74) is 0.369. The Bertz CT molecular complexity index is 721. The average Bonchev–Trinajstić information content (AvgIpc) is 2.65. The van der Waals surface area contributed by atoms with Crippen LogP contribution in [0.4, 0.5) is 0 Å². The first-order valence-corrected chi connectivity index (χ1v) is 9.98. The van der Waals surface area contributed by atoms with Crippen molar-refractivity contribution >= 4 is 29.4 Å². The standard InChI is InChI=1S/C21H29ClN2O4/c1-14(18(25)23-13-16-7-5-6-8-17(16)22)28-19(26)15-9-11-24(12-10-15)20(27)21(2,3)4/h5-8,14-15H,9-13H2,1-4H3,(H,23,25)/t14-/m1/s1. The Morgan fingerprint density at radius 3 is 2.39 bits per heavy atom. The molecule has 1 aromatic carbocycles.